The van der Waals surface area contributed by atoms with Crippen LogP contribution in [0.2, 0.25) is 5.02 Å². The van der Waals surface area contributed by atoms with Crippen LogP contribution in [0.1, 0.15) is 22.3 Å². The molecule has 2 rings (SSSR count). The molecule has 0 aliphatic carbocycles. The standard InChI is InChI=1S/C16H16ClNOS/c1-10-3-6-14(17)8-15(10)19-9-13-5-4-12(16(18)20)7-11(13)2/h3-8H,9H2,1-2H3,(H2,18,20). The molecule has 2 aromatic rings. The number of benzene rings is 2. The molecule has 0 aromatic heterocycles. The number of rotatable bonds is 4. The minimum absolute atomic E-state index is 0.409. The molecule has 2 aromatic carbocycles. The van der Waals surface area contributed by atoms with Crippen molar-refractivity contribution in [2.24, 2.45) is 5.73 Å². The van der Waals surface area contributed by atoms with Gasteiger partial charge in [0.2, 0.25) is 0 Å². The van der Waals surface area contributed by atoms with Crippen LogP contribution < -0.4 is 10.5 Å². The summed E-state index contributed by atoms with van der Waals surface area (Å²) in [4.78, 5) is 0.409. The van der Waals surface area contributed by atoms with Gasteiger partial charge in [0, 0.05) is 10.6 Å². The summed E-state index contributed by atoms with van der Waals surface area (Å²) < 4.78 is 5.84. The molecule has 0 amide bonds. The van der Waals surface area contributed by atoms with Crippen LogP contribution in [0.4, 0.5) is 0 Å². The summed E-state index contributed by atoms with van der Waals surface area (Å²) in [5.41, 5.74) is 9.76. The number of aryl methyl sites for hydroxylation is 2. The van der Waals surface area contributed by atoms with E-state index in [1.807, 2.05) is 50.2 Å². The lowest BCUT2D eigenvalue weighted by atomic mass is 10.1. The highest BCUT2D eigenvalue weighted by Crippen LogP contribution is 2.24. The number of halogens is 1. The third-order valence-corrected chi connectivity index (χ3v) is 3.63. The van der Waals surface area contributed by atoms with Crippen LogP contribution in [0.25, 0.3) is 0 Å². The largest absolute Gasteiger partial charge is 0.489 e. The van der Waals surface area contributed by atoms with Crippen molar-refractivity contribution in [3.8, 4) is 5.75 Å². The Hall–Kier alpha value is -1.58. The smallest absolute Gasteiger partial charge is 0.124 e. The molecule has 2 N–H and O–H groups in total. The van der Waals surface area contributed by atoms with E-state index in [4.69, 9.17) is 34.3 Å². The van der Waals surface area contributed by atoms with E-state index in [9.17, 15) is 0 Å². The number of nitrogens with two attached hydrogens (primary N) is 1. The van der Waals surface area contributed by atoms with E-state index in [-0.39, 0.29) is 0 Å². The van der Waals surface area contributed by atoms with Gasteiger partial charge in [-0.3, -0.25) is 0 Å². The van der Waals surface area contributed by atoms with Crippen LogP contribution in [0.15, 0.2) is 36.4 Å². The first kappa shape index (κ1) is 14.8. The van der Waals surface area contributed by atoms with Gasteiger partial charge in [-0.2, -0.15) is 0 Å². The topological polar surface area (TPSA) is 35.2 Å². The molecule has 0 radical (unpaired) electrons. The van der Waals surface area contributed by atoms with Gasteiger partial charge in [0.1, 0.15) is 17.3 Å². The summed E-state index contributed by atoms with van der Waals surface area (Å²) >= 11 is 10.9. The Balaban J connectivity index is 2.15. The summed E-state index contributed by atoms with van der Waals surface area (Å²) in [6, 6.07) is 11.5. The lowest BCUT2D eigenvalue weighted by Gasteiger charge is -2.12. The van der Waals surface area contributed by atoms with Crippen molar-refractivity contribution in [2.75, 3.05) is 0 Å². The van der Waals surface area contributed by atoms with Crippen LogP contribution in [0, 0.1) is 13.8 Å². The van der Waals surface area contributed by atoms with Crippen LogP contribution in [0.5, 0.6) is 5.75 Å². The molecular weight excluding hydrogens is 290 g/mol. The molecule has 0 aliphatic rings. The monoisotopic (exact) mass is 305 g/mol. The Labute approximate surface area is 129 Å². The Morgan fingerprint density at radius 3 is 2.55 bits per heavy atom. The van der Waals surface area contributed by atoms with Crippen molar-refractivity contribution in [2.45, 2.75) is 20.5 Å². The number of hydrogen-bond donors (Lipinski definition) is 1. The van der Waals surface area contributed by atoms with Gasteiger partial charge in [0.15, 0.2) is 0 Å². The van der Waals surface area contributed by atoms with Gasteiger partial charge in [0.05, 0.1) is 0 Å². The fourth-order valence-corrected chi connectivity index (χ4v) is 2.19. The predicted octanol–water partition coefficient (Wildman–Crippen LogP) is 4.17. The average molecular weight is 306 g/mol. The summed E-state index contributed by atoms with van der Waals surface area (Å²) in [5, 5.41) is 0.672. The molecule has 0 saturated carbocycles. The van der Waals surface area contributed by atoms with Crippen LogP contribution in [-0.4, -0.2) is 4.99 Å². The molecule has 0 spiro atoms. The van der Waals surface area contributed by atoms with Crippen LogP contribution >= 0.6 is 23.8 Å². The summed E-state index contributed by atoms with van der Waals surface area (Å²) in [6.45, 7) is 4.50. The first-order valence-corrected chi connectivity index (χ1v) is 7.04. The van der Waals surface area contributed by atoms with E-state index in [0.29, 0.717) is 16.6 Å². The molecule has 0 aliphatic heterocycles. The highest BCUT2D eigenvalue weighted by molar-refractivity contribution is 7.80. The maximum Gasteiger partial charge on any atom is 0.124 e. The lowest BCUT2D eigenvalue weighted by molar-refractivity contribution is 0.303. The van der Waals surface area contributed by atoms with Crippen molar-refractivity contribution in [1.29, 1.82) is 0 Å². The van der Waals surface area contributed by atoms with Crippen molar-refractivity contribution in [3.63, 3.8) is 0 Å². The fourth-order valence-electron chi connectivity index (χ4n) is 1.90. The number of hydrogen-bond acceptors (Lipinski definition) is 2. The average Bonchev–Trinajstić information content (AvgIpc) is 2.40. The molecule has 0 fully saturated rings. The van der Waals surface area contributed by atoms with Gasteiger partial charge in [-0.25, -0.2) is 0 Å². The second-order valence-corrected chi connectivity index (χ2v) is 5.58. The SMILES string of the molecule is Cc1cc(C(N)=S)ccc1COc1cc(Cl)ccc1C. The first-order valence-electron chi connectivity index (χ1n) is 6.25. The Morgan fingerprint density at radius 2 is 1.90 bits per heavy atom. The van der Waals surface area contributed by atoms with Crippen LogP contribution in [0.3, 0.4) is 0 Å². The normalized spacial score (nSPS) is 10.3. The minimum atomic E-state index is 0.409. The van der Waals surface area contributed by atoms with E-state index in [2.05, 4.69) is 0 Å². The van der Waals surface area contributed by atoms with Crippen molar-refractivity contribution in [1.82, 2.24) is 0 Å². The Bertz CT molecular complexity index is 655. The third-order valence-electron chi connectivity index (χ3n) is 3.16. The lowest BCUT2D eigenvalue weighted by Crippen LogP contribution is -2.10. The van der Waals surface area contributed by atoms with E-state index in [1.54, 1.807) is 0 Å². The van der Waals surface area contributed by atoms with Gasteiger partial charge in [-0.1, -0.05) is 42.0 Å². The van der Waals surface area contributed by atoms with Gasteiger partial charge < -0.3 is 10.5 Å². The maximum absolute atomic E-state index is 5.98. The second kappa shape index (κ2) is 6.25. The molecule has 20 heavy (non-hydrogen) atoms. The summed E-state index contributed by atoms with van der Waals surface area (Å²) in [5.74, 6) is 0.801. The van der Waals surface area contributed by atoms with Crippen molar-refractivity contribution < 1.29 is 4.74 Å². The molecule has 0 saturated heterocycles. The maximum atomic E-state index is 5.98. The highest BCUT2D eigenvalue weighted by atomic mass is 35.5. The zero-order chi connectivity index (χ0) is 14.7. The summed E-state index contributed by atoms with van der Waals surface area (Å²) in [6.07, 6.45) is 0. The Kier molecular flexibility index (Phi) is 4.63. The Morgan fingerprint density at radius 1 is 1.15 bits per heavy atom. The van der Waals surface area contributed by atoms with Gasteiger partial charge >= 0.3 is 0 Å². The molecule has 2 nitrogen and oxygen atoms in total. The summed E-state index contributed by atoms with van der Waals surface area (Å²) in [7, 11) is 0. The zero-order valence-corrected chi connectivity index (χ0v) is 13.0. The van der Waals surface area contributed by atoms with E-state index >= 15 is 0 Å². The third kappa shape index (κ3) is 3.50. The van der Waals surface area contributed by atoms with Crippen molar-refractivity contribution in [3.05, 3.63) is 63.7 Å². The minimum Gasteiger partial charge on any atom is -0.489 e. The van der Waals surface area contributed by atoms with E-state index in [0.717, 1.165) is 28.0 Å². The molecule has 4 heteroatoms. The molecule has 0 atom stereocenters. The molecule has 0 unspecified atom stereocenters. The van der Waals surface area contributed by atoms with Crippen LogP contribution in [-0.2, 0) is 6.61 Å². The molecule has 0 heterocycles. The van der Waals surface area contributed by atoms with Gasteiger partial charge in [-0.15, -0.1) is 0 Å². The molecule has 0 bridgehead atoms. The molecular formula is C16H16ClNOS. The first-order chi connectivity index (χ1) is 9.47. The second-order valence-electron chi connectivity index (χ2n) is 4.70. The highest BCUT2D eigenvalue weighted by Gasteiger charge is 2.05. The van der Waals surface area contributed by atoms with E-state index in [1.165, 1.54) is 0 Å². The number of ether oxygens (including phenoxy) is 1. The molecule has 104 valence electrons. The zero-order valence-electron chi connectivity index (χ0n) is 11.4. The van der Waals surface area contributed by atoms with Gasteiger partial charge in [-0.05, 0) is 48.7 Å². The van der Waals surface area contributed by atoms with E-state index < -0.39 is 0 Å². The van der Waals surface area contributed by atoms with Crippen molar-refractivity contribution >= 4 is 28.8 Å². The fraction of sp³-hybridized carbons (Fsp3) is 0.188. The number of thiocarbonyl (C=S) groups is 1. The predicted molar refractivity (Wildman–Crippen MR) is 87.6 cm³/mol. The van der Waals surface area contributed by atoms with Gasteiger partial charge in [0.25, 0.3) is 0 Å². The quantitative estimate of drug-likeness (QED) is 0.861.